The van der Waals surface area contributed by atoms with E-state index in [4.69, 9.17) is 12.2 Å². The minimum Gasteiger partial charge on any atom is -0.548 e. The third kappa shape index (κ3) is 2.72. The van der Waals surface area contributed by atoms with E-state index in [1.54, 1.807) is 12.2 Å². The molecule has 0 amide bonds. The molecule has 5 nitrogen and oxygen atoms in total. The number of carbonyl (C=O) groups excluding carboxylic acids is 2. The Bertz CT molecular complexity index is 965. The molecule has 24 heavy (non-hydrogen) atoms. The second kappa shape index (κ2) is 6.18. The summed E-state index contributed by atoms with van der Waals surface area (Å²) in [6.07, 6.45) is 4.74. The highest BCUT2D eigenvalue weighted by Gasteiger charge is 2.20. The summed E-state index contributed by atoms with van der Waals surface area (Å²) in [7, 11) is 0. The first-order chi connectivity index (χ1) is 11.4. The highest BCUT2D eigenvalue weighted by atomic mass is 32.1. The zero-order chi connectivity index (χ0) is 17.4. The maximum Gasteiger partial charge on any atom is 0.211 e. The molecule has 3 rings (SSSR count). The van der Waals surface area contributed by atoms with Crippen molar-refractivity contribution in [3.63, 3.8) is 0 Å². The Hall–Kier alpha value is -2.51. The number of aromatic hydroxyl groups is 1. The number of aliphatic carboxylic acids is 1. The molecule has 0 radical (unpaired) electrons. The van der Waals surface area contributed by atoms with Crippen LogP contribution in [0.25, 0.3) is 17.7 Å². The molecule has 1 N–H and O–H groups in total. The van der Waals surface area contributed by atoms with Crippen LogP contribution in [0.2, 0.25) is 0 Å². The summed E-state index contributed by atoms with van der Waals surface area (Å²) >= 11 is 6.17. The van der Waals surface area contributed by atoms with E-state index < -0.39 is 12.0 Å². The number of allylic oxidation sites excluding steroid dienone is 2. The molecule has 0 saturated heterocycles. The van der Waals surface area contributed by atoms with Gasteiger partial charge in [-0.05, 0) is 42.4 Å². The van der Waals surface area contributed by atoms with Gasteiger partial charge in [-0.2, -0.15) is 0 Å². The topological polar surface area (TPSA) is 82.4 Å². The first-order valence-electron chi connectivity index (χ1n) is 7.09. The number of thiazole rings is 1. The molecule has 7 heteroatoms. The number of nitrogens with zero attached hydrogens (tertiary/aromatic N) is 1. The van der Waals surface area contributed by atoms with E-state index in [1.165, 1.54) is 13.0 Å². The summed E-state index contributed by atoms with van der Waals surface area (Å²) < 4.78 is 1.31. The van der Waals surface area contributed by atoms with Crippen molar-refractivity contribution in [2.24, 2.45) is 0 Å². The molecule has 0 fully saturated rings. The van der Waals surface area contributed by atoms with Gasteiger partial charge in [-0.3, -0.25) is 9.36 Å². The first-order valence-corrected chi connectivity index (χ1v) is 8.31. The van der Waals surface area contributed by atoms with Crippen LogP contribution in [-0.4, -0.2) is 21.4 Å². The zero-order valence-electron chi connectivity index (χ0n) is 12.6. The Kier molecular flexibility index (Phi) is 4.21. The van der Waals surface area contributed by atoms with Gasteiger partial charge in [0.1, 0.15) is 0 Å². The molecule has 1 atom stereocenters. The molecule has 0 aliphatic heterocycles. The lowest BCUT2D eigenvalue weighted by molar-refractivity contribution is -0.309. The Labute approximate surface area is 146 Å². The number of rotatable bonds is 3. The van der Waals surface area contributed by atoms with Crippen molar-refractivity contribution in [3.05, 3.63) is 50.3 Å². The van der Waals surface area contributed by atoms with Crippen molar-refractivity contribution in [2.75, 3.05) is 0 Å². The van der Waals surface area contributed by atoms with E-state index in [2.05, 4.69) is 0 Å². The van der Waals surface area contributed by atoms with E-state index in [9.17, 15) is 19.8 Å². The van der Waals surface area contributed by atoms with Gasteiger partial charge in [-0.15, -0.1) is 11.3 Å². The fraction of sp³-hybridized carbons (Fsp3) is 0.118. The van der Waals surface area contributed by atoms with Crippen LogP contribution in [-0.2, 0) is 9.59 Å². The summed E-state index contributed by atoms with van der Waals surface area (Å²) in [5.74, 6) is -1.82. The molecule has 1 aromatic carbocycles. The summed E-state index contributed by atoms with van der Waals surface area (Å²) in [4.78, 5) is 23.6. The van der Waals surface area contributed by atoms with Crippen LogP contribution >= 0.6 is 23.6 Å². The minimum atomic E-state index is -1.35. The standard InChI is InChI=1S/C17H13NO4S2/c1-9(16(21)22)18-15(20)14(24-17(18)23)8-12-11-5-3-2-4-10(11)6-7-13(12)19/h2-9,20H,1H3,(H,21,22)/p-1/b12-8-/t9-/m1/s1. The summed E-state index contributed by atoms with van der Waals surface area (Å²) in [6.45, 7) is 1.37. The van der Waals surface area contributed by atoms with Gasteiger partial charge in [0.05, 0.1) is 16.9 Å². The Morgan fingerprint density at radius 2 is 2.08 bits per heavy atom. The Balaban J connectivity index is 2.15. The molecular formula is C17H12NO4S2-. The molecule has 1 aromatic heterocycles. The second-order valence-corrected chi connectivity index (χ2v) is 6.94. The van der Waals surface area contributed by atoms with Crippen molar-refractivity contribution in [1.82, 2.24) is 4.57 Å². The number of carboxylic acid groups (broad SMARTS) is 1. The van der Waals surface area contributed by atoms with Gasteiger partial charge in [0.25, 0.3) is 0 Å². The van der Waals surface area contributed by atoms with Crippen LogP contribution in [0.15, 0.2) is 30.3 Å². The minimum absolute atomic E-state index is 0.188. The molecule has 1 aliphatic carbocycles. The van der Waals surface area contributed by atoms with Gasteiger partial charge in [-0.25, -0.2) is 0 Å². The quantitative estimate of drug-likeness (QED) is 0.673. The predicted octanol–water partition coefficient (Wildman–Crippen LogP) is 2.43. The average molecular weight is 358 g/mol. The van der Waals surface area contributed by atoms with Crippen molar-refractivity contribution < 1.29 is 19.8 Å². The zero-order valence-corrected chi connectivity index (χ0v) is 14.2. The number of benzene rings is 1. The van der Waals surface area contributed by atoms with Gasteiger partial charge >= 0.3 is 0 Å². The third-order valence-corrected chi connectivity index (χ3v) is 5.12. The van der Waals surface area contributed by atoms with Crippen LogP contribution in [0, 0.1) is 3.95 Å². The lowest BCUT2D eigenvalue weighted by Crippen LogP contribution is -2.31. The van der Waals surface area contributed by atoms with E-state index >= 15 is 0 Å². The van der Waals surface area contributed by atoms with Gasteiger partial charge in [-0.1, -0.05) is 30.3 Å². The molecule has 122 valence electrons. The normalized spacial score (nSPS) is 16.2. The van der Waals surface area contributed by atoms with Crippen LogP contribution in [0.1, 0.15) is 29.0 Å². The van der Waals surface area contributed by atoms with Gasteiger partial charge in [0.15, 0.2) is 9.74 Å². The summed E-state index contributed by atoms with van der Waals surface area (Å²) in [5, 5.41) is 21.4. The molecule has 1 heterocycles. The molecule has 0 saturated carbocycles. The van der Waals surface area contributed by atoms with Gasteiger partial charge in [0.2, 0.25) is 5.88 Å². The second-order valence-electron chi connectivity index (χ2n) is 5.26. The highest BCUT2D eigenvalue weighted by molar-refractivity contribution is 7.73. The lowest BCUT2D eigenvalue weighted by Gasteiger charge is -2.15. The van der Waals surface area contributed by atoms with Gasteiger partial charge < -0.3 is 15.0 Å². The number of ketones is 1. The van der Waals surface area contributed by atoms with Crippen molar-refractivity contribution >= 4 is 53.0 Å². The highest BCUT2D eigenvalue weighted by Crippen LogP contribution is 2.35. The smallest absolute Gasteiger partial charge is 0.211 e. The van der Waals surface area contributed by atoms with Crippen LogP contribution in [0.5, 0.6) is 5.88 Å². The number of fused-ring (bicyclic) bond motifs is 1. The predicted molar refractivity (Wildman–Crippen MR) is 92.9 cm³/mol. The number of aromatic nitrogens is 1. The number of carbonyl (C=O) groups is 2. The van der Waals surface area contributed by atoms with E-state index in [0.29, 0.717) is 10.5 Å². The lowest BCUT2D eigenvalue weighted by atomic mass is 9.91. The largest absolute Gasteiger partial charge is 0.548 e. The van der Waals surface area contributed by atoms with Gasteiger partial charge in [0, 0.05) is 5.57 Å². The summed E-state index contributed by atoms with van der Waals surface area (Å²) in [6, 6.07) is 6.30. The molecule has 0 bridgehead atoms. The Morgan fingerprint density at radius 3 is 2.79 bits per heavy atom. The molecule has 0 unspecified atom stereocenters. The van der Waals surface area contributed by atoms with Crippen molar-refractivity contribution in [1.29, 1.82) is 0 Å². The number of hydrogen-bond acceptors (Lipinski definition) is 6. The maximum absolute atomic E-state index is 12.2. The fourth-order valence-corrected chi connectivity index (χ4v) is 3.90. The fourth-order valence-electron chi connectivity index (χ4n) is 2.49. The van der Waals surface area contributed by atoms with Crippen molar-refractivity contribution in [3.8, 4) is 5.88 Å². The monoisotopic (exact) mass is 358 g/mol. The van der Waals surface area contributed by atoms with Crippen LogP contribution in [0.3, 0.4) is 0 Å². The Morgan fingerprint density at radius 1 is 1.38 bits per heavy atom. The molecule has 2 aromatic rings. The third-order valence-electron chi connectivity index (χ3n) is 3.78. The average Bonchev–Trinajstić information content (AvgIpc) is 2.83. The first kappa shape index (κ1) is 16.4. The molecule has 1 aliphatic rings. The van der Waals surface area contributed by atoms with Crippen LogP contribution < -0.4 is 5.11 Å². The number of carboxylic acids is 1. The molecule has 0 spiro atoms. The molecular weight excluding hydrogens is 346 g/mol. The van der Waals surface area contributed by atoms with Crippen molar-refractivity contribution in [2.45, 2.75) is 13.0 Å². The van der Waals surface area contributed by atoms with E-state index in [-0.39, 0.29) is 15.6 Å². The van der Waals surface area contributed by atoms with E-state index in [1.807, 2.05) is 24.3 Å². The number of hydrogen-bond donors (Lipinski definition) is 1. The SMILES string of the molecule is C[C@H](C(=O)[O-])n1c(O)c(/C=C2\C(=O)C=Cc3ccccc32)sc1=S. The summed E-state index contributed by atoms with van der Waals surface area (Å²) in [5.41, 5.74) is 2.07. The maximum atomic E-state index is 12.2. The van der Waals surface area contributed by atoms with Crippen LogP contribution in [0.4, 0.5) is 0 Å². The van der Waals surface area contributed by atoms with E-state index in [0.717, 1.165) is 27.0 Å².